The number of hydrogen-bond donors (Lipinski definition) is 0. The molecule has 0 radical (unpaired) electrons. The van der Waals surface area contributed by atoms with E-state index in [1.54, 1.807) is 0 Å². The van der Waals surface area contributed by atoms with Crippen LogP contribution in [0.5, 0.6) is 0 Å². The van der Waals surface area contributed by atoms with Crippen LogP contribution in [-0.4, -0.2) is 0 Å². The van der Waals surface area contributed by atoms with Crippen LogP contribution in [-0.2, 0) is 6.42 Å². The van der Waals surface area contributed by atoms with Gasteiger partial charge < -0.3 is 0 Å². The predicted octanol–water partition coefficient (Wildman–Crippen LogP) is 4.71. The van der Waals surface area contributed by atoms with Gasteiger partial charge in [0.1, 0.15) is 0 Å². The van der Waals surface area contributed by atoms with Gasteiger partial charge >= 0.3 is 0 Å². The van der Waals surface area contributed by atoms with Crippen LogP contribution in [0.1, 0.15) is 38.7 Å². The van der Waals surface area contributed by atoms with Crippen molar-refractivity contribution in [1.29, 1.82) is 0 Å². The first-order valence-electron chi connectivity index (χ1n) is 5.47. The van der Waals surface area contributed by atoms with Gasteiger partial charge in [-0.2, -0.15) is 0 Å². The largest absolute Gasteiger partial charge is 0.0840 e. The lowest BCUT2D eigenvalue weighted by Crippen LogP contribution is -1.97. The van der Waals surface area contributed by atoms with Crippen molar-refractivity contribution in [3.63, 3.8) is 0 Å². The molecule has 0 fully saturated rings. The Labute approximate surface area is 92.3 Å². The molecule has 0 aliphatic heterocycles. The summed E-state index contributed by atoms with van der Waals surface area (Å²) in [6.45, 7) is 4.56. The van der Waals surface area contributed by atoms with Crippen molar-refractivity contribution in [2.75, 3.05) is 0 Å². The maximum Gasteiger partial charge on any atom is 0.0437 e. The van der Waals surface area contributed by atoms with Crippen LogP contribution < -0.4 is 0 Å². The second-order valence-electron chi connectivity index (χ2n) is 4.02. The molecule has 1 rings (SSSR count). The molecule has 0 aliphatic rings. The summed E-state index contributed by atoms with van der Waals surface area (Å²) in [5.41, 5.74) is 1.29. The summed E-state index contributed by atoms with van der Waals surface area (Å²) in [6.07, 6.45) is 4.96. The van der Waals surface area contributed by atoms with Gasteiger partial charge in [-0.25, -0.2) is 0 Å². The van der Waals surface area contributed by atoms with Crippen LogP contribution >= 0.6 is 11.6 Å². The van der Waals surface area contributed by atoms with E-state index in [1.807, 2.05) is 12.1 Å². The Hall–Kier alpha value is -0.490. The molecule has 14 heavy (non-hydrogen) atoms. The van der Waals surface area contributed by atoms with Crippen LogP contribution in [0.25, 0.3) is 0 Å². The lowest BCUT2D eigenvalue weighted by Gasteiger charge is -2.10. The minimum atomic E-state index is 0.816. The van der Waals surface area contributed by atoms with Gasteiger partial charge in [-0.15, -0.1) is 0 Å². The molecule has 0 aliphatic carbocycles. The van der Waals surface area contributed by atoms with E-state index in [9.17, 15) is 0 Å². The fourth-order valence-electron chi connectivity index (χ4n) is 1.74. The summed E-state index contributed by atoms with van der Waals surface area (Å²) in [6, 6.07) is 8.15. The Bertz CT molecular complexity index is 268. The van der Waals surface area contributed by atoms with E-state index in [-0.39, 0.29) is 0 Å². The molecule has 1 atom stereocenters. The van der Waals surface area contributed by atoms with Gasteiger partial charge in [-0.05, 0) is 30.4 Å². The Morgan fingerprint density at radius 1 is 1.21 bits per heavy atom. The van der Waals surface area contributed by atoms with Crippen molar-refractivity contribution in [2.24, 2.45) is 5.92 Å². The average molecular weight is 211 g/mol. The Morgan fingerprint density at radius 2 is 1.93 bits per heavy atom. The molecule has 1 aromatic carbocycles. The monoisotopic (exact) mass is 210 g/mol. The number of aryl methyl sites for hydroxylation is 1. The fourth-order valence-corrected chi connectivity index (χ4v) is 1.97. The van der Waals surface area contributed by atoms with Crippen molar-refractivity contribution < 1.29 is 0 Å². The Balaban J connectivity index is 2.41. The number of hydrogen-bond acceptors (Lipinski definition) is 0. The Morgan fingerprint density at radius 3 is 2.57 bits per heavy atom. The van der Waals surface area contributed by atoms with Gasteiger partial charge in [0, 0.05) is 5.02 Å². The number of benzene rings is 1. The summed E-state index contributed by atoms with van der Waals surface area (Å²) in [5, 5.41) is 0.913. The molecule has 0 heterocycles. The van der Waals surface area contributed by atoms with Crippen molar-refractivity contribution in [3.8, 4) is 0 Å². The molecule has 0 bridgehead atoms. The molecule has 0 aromatic heterocycles. The highest BCUT2D eigenvalue weighted by atomic mass is 35.5. The van der Waals surface area contributed by atoms with Gasteiger partial charge in [-0.1, -0.05) is 56.5 Å². The van der Waals surface area contributed by atoms with E-state index in [0.29, 0.717) is 0 Å². The molecular formula is C13H19Cl. The molecule has 0 saturated carbocycles. The van der Waals surface area contributed by atoms with Crippen LogP contribution in [0.15, 0.2) is 24.3 Å². The molecule has 0 spiro atoms. The highest BCUT2D eigenvalue weighted by molar-refractivity contribution is 6.31. The zero-order valence-corrected chi connectivity index (χ0v) is 9.85. The van der Waals surface area contributed by atoms with E-state index >= 15 is 0 Å². The molecule has 1 heteroatoms. The molecule has 78 valence electrons. The van der Waals surface area contributed by atoms with E-state index in [2.05, 4.69) is 26.0 Å². The third kappa shape index (κ3) is 3.71. The first kappa shape index (κ1) is 11.6. The van der Waals surface area contributed by atoms with Crippen molar-refractivity contribution in [1.82, 2.24) is 0 Å². The van der Waals surface area contributed by atoms with Crippen molar-refractivity contribution in [2.45, 2.75) is 39.5 Å². The lowest BCUT2D eigenvalue weighted by atomic mass is 9.97. The van der Waals surface area contributed by atoms with Crippen LogP contribution in [0, 0.1) is 5.92 Å². The zero-order valence-electron chi connectivity index (χ0n) is 9.09. The van der Waals surface area contributed by atoms with Crippen molar-refractivity contribution >= 4 is 11.6 Å². The second-order valence-corrected chi connectivity index (χ2v) is 4.43. The predicted molar refractivity (Wildman–Crippen MR) is 63.8 cm³/mol. The lowest BCUT2D eigenvalue weighted by molar-refractivity contribution is 0.486. The second kappa shape index (κ2) is 6.08. The van der Waals surface area contributed by atoms with E-state index in [4.69, 9.17) is 11.6 Å². The average Bonchev–Trinajstić information content (AvgIpc) is 2.17. The van der Waals surface area contributed by atoms with Crippen LogP contribution in [0.3, 0.4) is 0 Å². The molecule has 1 unspecified atom stereocenters. The number of rotatable bonds is 5. The summed E-state index contributed by atoms with van der Waals surface area (Å²) in [7, 11) is 0. The van der Waals surface area contributed by atoms with Gasteiger partial charge in [0.15, 0.2) is 0 Å². The third-order valence-corrected chi connectivity index (χ3v) is 3.01. The van der Waals surface area contributed by atoms with E-state index in [1.165, 1.54) is 24.8 Å². The quantitative estimate of drug-likeness (QED) is 0.661. The minimum Gasteiger partial charge on any atom is -0.0840 e. The Kier molecular flexibility index (Phi) is 5.03. The molecule has 0 N–H and O–H groups in total. The minimum absolute atomic E-state index is 0.816. The summed E-state index contributed by atoms with van der Waals surface area (Å²) >= 11 is 6.08. The molecule has 0 amide bonds. The van der Waals surface area contributed by atoms with Crippen molar-refractivity contribution in [3.05, 3.63) is 34.9 Å². The maximum absolute atomic E-state index is 6.08. The van der Waals surface area contributed by atoms with Gasteiger partial charge in [-0.3, -0.25) is 0 Å². The summed E-state index contributed by atoms with van der Waals surface area (Å²) < 4.78 is 0. The van der Waals surface area contributed by atoms with E-state index < -0.39 is 0 Å². The number of halogens is 1. The van der Waals surface area contributed by atoms with Crippen LogP contribution in [0.2, 0.25) is 5.02 Å². The standard InChI is InChI=1S/C13H19Cl/c1-3-6-11(2)9-10-12-7-4-5-8-13(12)14/h4-5,7-8,11H,3,6,9-10H2,1-2H3. The molecule has 1 aromatic rings. The zero-order chi connectivity index (χ0) is 10.4. The third-order valence-electron chi connectivity index (χ3n) is 2.65. The SMILES string of the molecule is CCCC(C)CCc1ccccc1Cl. The molecular weight excluding hydrogens is 192 g/mol. The molecule has 0 nitrogen and oxygen atoms in total. The highest BCUT2D eigenvalue weighted by Crippen LogP contribution is 2.20. The van der Waals surface area contributed by atoms with Gasteiger partial charge in [0.05, 0.1) is 0 Å². The smallest absolute Gasteiger partial charge is 0.0437 e. The highest BCUT2D eigenvalue weighted by Gasteiger charge is 2.03. The van der Waals surface area contributed by atoms with Gasteiger partial charge in [0.25, 0.3) is 0 Å². The van der Waals surface area contributed by atoms with E-state index in [0.717, 1.165) is 17.4 Å². The topological polar surface area (TPSA) is 0 Å². The first-order valence-corrected chi connectivity index (χ1v) is 5.85. The maximum atomic E-state index is 6.08. The summed E-state index contributed by atoms with van der Waals surface area (Å²) in [5.74, 6) is 0.816. The normalized spacial score (nSPS) is 12.8. The first-order chi connectivity index (χ1) is 6.74. The summed E-state index contributed by atoms with van der Waals surface area (Å²) in [4.78, 5) is 0. The van der Waals surface area contributed by atoms with Crippen LogP contribution in [0.4, 0.5) is 0 Å². The molecule has 0 saturated heterocycles. The fraction of sp³-hybridized carbons (Fsp3) is 0.538. The van der Waals surface area contributed by atoms with Gasteiger partial charge in [0.2, 0.25) is 0 Å².